The number of amides is 1. The first-order valence-corrected chi connectivity index (χ1v) is 7.32. The second kappa shape index (κ2) is 6.27. The van der Waals surface area contributed by atoms with Crippen molar-refractivity contribution in [2.24, 2.45) is 5.92 Å². The Morgan fingerprint density at radius 1 is 1.50 bits per heavy atom. The number of carbonyl (C=O) groups is 1. The lowest BCUT2D eigenvalue weighted by atomic mass is 9.93. The van der Waals surface area contributed by atoms with Gasteiger partial charge in [0.2, 0.25) is 0 Å². The Labute approximate surface area is 120 Å². The van der Waals surface area contributed by atoms with Crippen molar-refractivity contribution in [3.8, 4) is 5.75 Å². The Balaban J connectivity index is 2.19. The lowest BCUT2D eigenvalue weighted by molar-refractivity contribution is 0.0464. The highest BCUT2D eigenvalue weighted by Gasteiger charge is 2.28. The molecular weight excluding hydrogens is 254 g/mol. The summed E-state index contributed by atoms with van der Waals surface area (Å²) in [7, 11) is 0. The number of aliphatic hydroxyl groups excluding tert-OH is 1. The van der Waals surface area contributed by atoms with E-state index in [-0.39, 0.29) is 17.6 Å². The Hall–Kier alpha value is -1.55. The van der Waals surface area contributed by atoms with Crippen LogP contribution in [0.25, 0.3) is 0 Å². The summed E-state index contributed by atoms with van der Waals surface area (Å²) < 4.78 is 0. The van der Waals surface area contributed by atoms with Gasteiger partial charge in [-0.2, -0.15) is 0 Å². The number of phenolic OH excluding ortho intramolecular Hbond substituents is 1. The van der Waals surface area contributed by atoms with Crippen molar-refractivity contribution in [3.05, 3.63) is 29.3 Å². The minimum absolute atomic E-state index is 0.0965. The van der Waals surface area contributed by atoms with Crippen LogP contribution >= 0.6 is 0 Å². The third kappa shape index (κ3) is 2.96. The maximum atomic E-state index is 12.5. The van der Waals surface area contributed by atoms with Gasteiger partial charge < -0.3 is 15.1 Å². The van der Waals surface area contributed by atoms with Gasteiger partial charge in [-0.3, -0.25) is 4.79 Å². The van der Waals surface area contributed by atoms with Crippen LogP contribution in [0.3, 0.4) is 0 Å². The van der Waals surface area contributed by atoms with Crippen molar-refractivity contribution < 1.29 is 15.0 Å². The first-order valence-electron chi connectivity index (χ1n) is 7.32. The van der Waals surface area contributed by atoms with Crippen LogP contribution in [-0.4, -0.2) is 40.2 Å². The van der Waals surface area contributed by atoms with Gasteiger partial charge >= 0.3 is 0 Å². The average Bonchev–Trinajstić information content (AvgIpc) is 2.47. The third-order valence-corrected chi connectivity index (χ3v) is 4.16. The number of aryl methyl sites for hydroxylation is 1. The molecule has 0 aromatic heterocycles. The Morgan fingerprint density at radius 2 is 2.25 bits per heavy atom. The number of rotatable bonds is 3. The van der Waals surface area contributed by atoms with Crippen LogP contribution in [0.15, 0.2) is 18.2 Å². The largest absolute Gasteiger partial charge is 0.507 e. The predicted molar refractivity (Wildman–Crippen MR) is 77.8 cm³/mol. The first kappa shape index (κ1) is 14.9. The Kier molecular flexibility index (Phi) is 4.65. The van der Waals surface area contributed by atoms with Crippen LogP contribution in [0.2, 0.25) is 0 Å². The molecule has 0 saturated carbocycles. The average molecular weight is 277 g/mol. The topological polar surface area (TPSA) is 60.8 Å². The quantitative estimate of drug-likeness (QED) is 0.890. The van der Waals surface area contributed by atoms with E-state index in [4.69, 9.17) is 0 Å². The number of piperidine rings is 1. The molecule has 1 aromatic carbocycles. The second-order valence-corrected chi connectivity index (χ2v) is 5.56. The Bertz CT molecular complexity index is 485. The summed E-state index contributed by atoms with van der Waals surface area (Å²) in [5, 5.41) is 19.9. The highest BCUT2D eigenvalue weighted by atomic mass is 16.3. The number of hydrogen-bond donors (Lipinski definition) is 2. The third-order valence-electron chi connectivity index (χ3n) is 4.16. The number of nitrogens with zero attached hydrogens (tertiary/aromatic N) is 1. The highest BCUT2D eigenvalue weighted by Crippen LogP contribution is 2.27. The molecule has 1 fully saturated rings. The minimum atomic E-state index is -0.402. The van der Waals surface area contributed by atoms with E-state index in [9.17, 15) is 15.0 Å². The van der Waals surface area contributed by atoms with Crippen LogP contribution in [0.5, 0.6) is 5.75 Å². The molecule has 0 aliphatic carbocycles. The number of para-hydroxylation sites is 1. The van der Waals surface area contributed by atoms with Crippen molar-refractivity contribution in [1.29, 1.82) is 0 Å². The van der Waals surface area contributed by atoms with Gasteiger partial charge in [0.1, 0.15) is 5.75 Å². The fraction of sp³-hybridized carbons (Fsp3) is 0.562. The molecule has 2 unspecified atom stereocenters. The molecule has 1 amide bonds. The van der Waals surface area contributed by atoms with E-state index < -0.39 is 6.10 Å². The van der Waals surface area contributed by atoms with Crippen molar-refractivity contribution in [3.63, 3.8) is 0 Å². The standard InChI is InChI=1S/C16H23NO3/c1-3-12-6-4-8-14(15(12)19)16(20)17-9-5-7-13(10-17)11(2)18/h4,6,8,11,13,18-19H,3,5,7,9-10H2,1-2H3. The summed E-state index contributed by atoms with van der Waals surface area (Å²) in [4.78, 5) is 14.3. The molecule has 2 N–H and O–H groups in total. The number of aliphatic hydroxyl groups is 1. The van der Waals surface area contributed by atoms with E-state index in [0.29, 0.717) is 25.1 Å². The minimum Gasteiger partial charge on any atom is -0.507 e. The molecule has 1 saturated heterocycles. The smallest absolute Gasteiger partial charge is 0.257 e. The van der Waals surface area contributed by atoms with E-state index in [0.717, 1.165) is 18.4 Å². The SMILES string of the molecule is CCc1cccc(C(=O)N2CCCC(C(C)O)C2)c1O. The molecule has 4 nitrogen and oxygen atoms in total. The normalized spacial score (nSPS) is 20.8. The van der Waals surface area contributed by atoms with Gasteiger partial charge in [-0.15, -0.1) is 0 Å². The number of carbonyl (C=O) groups excluding carboxylic acids is 1. The second-order valence-electron chi connectivity index (χ2n) is 5.56. The molecule has 1 aromatic rings. The summed E-state index contributed by atoms with van der Waals surface area (Å²) in [6.07, 6.45) is 2.14. The van der Waals surface area contributed by atoms with Gasteiger partial charge in [-0.25, -0.2) is 0 Å². The van der Waals surface area contributed by atoms with E-state index in [1.54, 1.807) is 17.9 Å². The fourth-order valence-electron chi connectivity index (χ4n) is 2.81. The van der Waals surface area contributed by atoms with Crippen molar-refractivity contribution in [2.45, 2.75) is 39.2 Å². The van der Waals surface area contributed by atoms with Crippen molar-refractivity contribution >= 4 is 5.91 Å². The molecule has 4 heteroatoms. The molecule has 110 valence electrons. The zero-order valence-corrected chi connectivity index (χ0v) is 12.2. The fourth-order valence-corrected chi connectivity index (χ4v) is 2.81. The molecular formula is C16H23NO3. The van der Waals surface area contributed by atoms with Crippen LogP contribution in [0.1, 0.15) is 42.6 Å². The molecule has 0 bridgehead atoms. The maximum Gasteiger partial charge on any atom is 0.257 e. The Morgan fingerprint density at radius 3 is 2.90 bits per heavy atom. The summed E-state index contributed by atoms with van der Waals surface area (Å²) in [6.45, 7) is 4.98. The number of likely N-dealkylation sites (tertiary alicyclic amines) is 1. The molecule has 0 radical (unpaired) electrons. The molecule has 1 heterocycles. The monoisotopic (exact) mass is 277 g/mol. The van der Waals surface area contributed by atoms with Gasteiger partial charge in [-0.05, 0) is 37.8 Å². The lowest BCUT2D eigenvalue weighted by Crippen LogP contribution is -2.43. The molecule has 1 aliphatic heterocycles. The van der Waals surface area contributed by atoms with Crippen molar-refractivity contribution in [2.75, 3.05) is 13.1 Å². The van der Waals surface area contributed by atoms with Crippen LogP contribution < -0.4 is 0 Å². The lowest BCUT2D eigenvalue weighted by Gasteiger charge is -2.34. The summed E-state index contributed by atoms with van der Waals surface area (Å²) in [5.74, 6) is 0.0894. The van der Waals surface area contributed by atoms with Gasteiger partial charge in [0.15, 0.2) is 0 Å². The number of hydrogen-bond acceptors (Lipinski definition) is 3. The molecule has 0 spiro atoms. The summed E-state index contributed by atoms with van der Waals surface area (Å²) in [5.41, 5.74) is 1.16. The summed E-state index contributed by atoms with van der Waals surface area (Å²) in [6, 6.07) is 5.31. The number of phenols is 1. The van der Waals surface area contributed by atoms with Gasteiger partial charge in [0, 0.05) is 19.0 Å². The van der Waals surface area contributed by atoms with E-state index in [1.807, 2.05) is 19.1 Å². The van der Waals surface area contributed by atoms with Crippen molar-refractivity contribution in [1.82, 2.24) is 4.90 Å². The zero-order chi connectivity index (χ0) is 14.7. The van der Waals surface area contributed by atoms with Crippen LogP contribution in [0, 0.1) is 5.92 Å². The molecule has 2 atom stereocenters. The van der Waals surface area contributed by atoms with Gasteiger partial charge in [-0.1, -0.05) is 19.1 Å². The van der Waals surface area contributed by atoms with Gasteiger partial charge in [0.05, 0.1) is 11.7 Å². The van der Waals surface area contributed by atoms with E-state index in [1.165, 1.54) is 0 Å². The maximum absolute atomic E-state index is 12.5. The number of aromatic hydroxyl groups is 1. The van der Waals surface area contributed by atoms with Crippen LogP contribution in [0.4, 0.5) is 0 Å². The summed E-state index contributed by atoms with van der Waals surface area (Å²) >= 11 is 0. The zero-order valence-electron chi connectivity index (χ0n) is 12.2. The highest BCUT2D eigenvalue weighted by molar-refractivity contribution is 5.97. The first-order chi connectivity index (χ1) is 9.54. The van der Waals surface area contributed by atoms with Crippen LogP contribution in [-0.2, 0) is 6.42 Å². The van der Waals surface area contributed by atoms with Gasteiger partial charge in [0.25, 0.3) is 5.91 Å². The predicted octanol–water partition coefficient (Wildman–Crippen LogP) is 2.19. The van der Waals surface area contributed by atoms with E-state index in [2.05, 4.69) is 0 Å². The van der Waals surface area contributed by atoms with E-state index >= 15 is 0 Å². The molecule has 1 aliphatic rings. The number of benzene rings is 1. The molecule has 20 heavy (non-hydrogen) atoms. The molecule has 2 rings (SSSR count).